The molecular formula is C19H23N5O4S. The van der Waals surface area contributed by atoms with Crippen molar-refractivity contribution in [2.75, 3.05) is 32.1 Å². The number of amides is 3. The number of aromatic nitrogens is 2. The monoisotopic (exact) mass is 417 g/mol. The molecule has 10 heteroatoms. The number of aryl methyl sites for hydroxylation is 1. The predicted molar refractivity (Wildman–Crippen MR) is 108 cm³/mol. The van der Waals surface area contributed by atoms with Gasteiger partial charge in [0.1, 0.15) is 10.6 Å². The highest BCUT2D eigenvalue weighted by Gasteiger charge is 2.26. The Morgan fingerprint density at radius 3 is 2.66 bits per heavy atom. The highest BCUT2D eigenvalue weighted by Crippen LogP contribution is 2.21. The zero-order chi connectivity index (χ0) is 20.8. The Morgan fingerprint density at radius 2 is 2.00 bits per heavy atom. The number of hydrogen-bond acceptors (Lipinski definition) is 7. The molecule has 1 aliphatic rings. The first-order valence-electron chi connectivity index (χ1n) is 9.29. The van der Waals surface area contributed by atoms with E-state index in [0.717, 1.165) is 24.4 Å². The minimum atomic E-state index is -0.723. The smallest absolute Gasteiger partial charge is 0.313 e. The van der Waals surface area contributed by atoms with Crippen LogP contribution >= 0.6 is 11.5 Å². The lowest BCUT2D eigenvalue weighted by Crippen LogP contribution is -2.43. The van der Waals surface area contributed by atoms with Crippen LogP contribution in [0.3, 0.4) is 0 Å². The number of methoxy groups -OCH3 is 1. The van der Waals surface area contributed by atoms with Crippen molar-refractivity contribution in [1.29, 1.82) is 0 Å². The maximum Gasteiger partial charge on any atom is 0.313 e. The maximum atomic E-state index is 12.5. The molecule has 154 valence electrons. The Hall–Kier alpha value is -3.01. The van der Waals surface area contributed by atoms with Crippen molar-refractivity contribution < 1.29 is 19.1 Å². The second kappa shape index (κ2) is 9.46. The van der Waals surface area contributed by atoms with E-state index in [2.05, 4.69) is 20.2 Å². The molecule has 2 N–H and O–H groups in total. The molecule has 3 amide bonds. The van der Waals surface area contributed by atoms with Gasteiger partial charge in [0.15, 0.2) is 0 Å². The predicted octanol–water partition coefficient (Wildman–Crippen LogP) is 1.46. The minimum Gasteiger partial charge on any atom is -0.497 e. The molecule has 0 spiro atoms. The molecule has 0 unspecified atom stereocenters. The summed E-state index contributed by atoms with van der Waals surface area (Å²) in [6, 6.07) is 6.80. The van der Waals surface area contributed by atoms with Crippen LogP contribution in [0.5, 0.6) is 5.75 Å². The molecule has 1 aromatic heterocycles. The number of anilines is 1. The van der Waals surface area contributed by atoms with Crippen molar-refractivity contribution in [3.05, 3.63) is 34.8 Å². The van der Waals surface area contributed by atoms with Gasteiger partial charge in [0, 0.05) is 31.4 Å². The molecule has 1 saturated heterocycles. The second-order valence-corrected chi connectivity index (χ2v) is 7.57. The average molecular weight is 417 g/mol. The van der Waals surface area contributed by atoms with E-state index in [-0.39, 0.29) is 11.8 Å². The average Bonchev–Trinajstić information content (AvgIpc) is 3.17. The summed E-state index contributed by atoms with van der Waals surface area (Å²) in [5.74, 6) is -0.642. The lowest BCUT2D eigenvalue weighted by molar-refractivity contribution is -0.136. The lowest BCUT2D eigenvalue weighted by Gasteiger charge is -2.31. The third kappa shape index (κ3) is 5.29. The zero-order valence-corrected chi connectivity index (χ0v) is 17.1. The Labute approximate surface area is 172 Å². The standard InChI is InChI=1S/C19H23N5O4S/c1-12-16(29-23-22-12)19(27)24-8-6-13(7-9-24)11-20-17(25)18(26)21-14-4-3-5-15(10-14)28-2/h3-5,10,13H,6-9,11H2,1-2H3,(H,20,25)(H,21,26). The van der Waals surface area contributed by atoms with Crippen LogP contribution < -0.4 is 15.4 Å². The van der Waals surface area contributed by atoms with Crippen LogP contribution in [0.15, 0.2) is 24.3 Å². The number of nitrogens with zero attached hydrogens (tertiary/aromatic N) is 3. The van der Waals surface area contributed by atoms with Gasteiger partial charge >= 0.3 is 11.8 Å². The number of piperidine rings is 1. The molecule has 0 atom stereocenters. The van der Waals surface area contributed by atoms with Gasteiger partial charge in [-0.25, -0.2) is 0 Å². The van der Waals surface area contributed by atoms with Crippen molar-refractivity contribution in [2.45, 2.75) is 19.8 Å². The summed E-state index contributed by atoms with van der Waals surface area (Å²) >= 11 is 1.11. The zero-order valence-electron chi connectivity index (χ0n) is 16.3. The fourth-order valence-electron chi connectivity index (χ4n) is 3.12. The van der Waals surface area contributed by atoms with Gasteiger partial charge in [0.25, 0.3) is 5.91 Å². The SMILES string of the molecule is COc1cccc(NC(=O)C(=O)NCC2CCN(C(=O)c3snnc3C)CC2)c1. The molecule has 29 heavy (non-hydrogen) atoms. The van der Waals surface area contributed by atoms with Crippen molar-refractivity contribution in [3.8, 4) is 5.75 Å². The lowest BCUT2D eigenvalue weighted by atomic mass is 9.96. The minimum absolute atomic E-state index is 0.0438. The molecule has 2 aromatic rings. The molecule has 9 nitrogen and oxygen atoms in total. The molecule has 2 heterocycles. The van der Waals surface area contributed by atoms with Crippen LogP contribution in [0.2, 0.25) is 0 Å². The number of hydrogen-bond donors (Lipinski definition) is 2. The normalized spacial score (nSPS) is 14.3. The van der Waals surface area contributed by atoms with E-state index in [4.69, 9.17) is 4.74 Å². The summed E-state index contributed by atoms with van der Waals surface area (Å²) in [5, 5.41) is 9.11. The molecule has 0 saturated carbocycles. The summed E-state index contributed by atoms with van der Waals surface area (Å²) in [7, 11) is 1.53. The molecule has 1 fully saturated rings. The summed E-state index contributed by atoms with van der Waals surface area (Å²) < 4.78 is 8.90. The Balaban J connectivity index is 1.42. The topological polar surface area (TPSA) is 114 Å². The summed E-state index contributed by atoms with van der Waals surface area (Å²) in [4.78, 5) is 39.0. The second-order valence-electron chi connectivity index (χ2n) is 6.82. The highest BCUT2D eigenvalue weighted by molar-refractivity contribution is 7.07. The molecular weight excluding hydrogens is 394 g/mol. The van der Waals surface area contributed by atoms with Crippen molar-refractivity contribution in [2.24, 2.45) is 5.92 Å². The van der Waals surface area contributed by atoms with E-state index in [1.54, 1.807) is 36.1 Å². The molecule has 0 radical (unpaired) electrons. The fourth-order valence-corrected chi connectivity index (χ4v) is 3.74. The highest BCUT2D eigenvalue weighted by atomic mass is 32.1. The van der Waals surface area contributed by atoms with E-state index < -0.39 is 11.8 Å². The number of carbonyl (C=O) groups excluding carboxylic acids is 3. The van der Waals surface area contributed by atoms with Gasteiger partial charge < -0.3 is 20.3 Å². The molecule has 1 aliphatic heterocycles. The maximum absolute atomic E-state index is 12.5. The quantitative estimate of drug-likeness (QED) is 0.712. The first kappa shape index (κ1) is 20.7. The van der Waals surface area contributed by atoms with Crippen molar-refractivity contribution >= 4 is 34.9 Å². The third-order valence-electron chi connectivity index (χ3n) is 4.83. The van der Waals surface area contributed by atoms with Gasteiger partial charge in [-0.05, 0) is 49.3 Å². The Morgan fingerprint density at radius 1 is 1.24 bits per heavy atom. The van der Waals surface area contributed by atoms with Crippen LogP contribution in [0.4, 0.5) is 5.69 Å². The number of nitrogens with one attached hydrogen (secondary N) is 2. The van der Waals surface area contributed by atoms with Gasteiger partial charge in [-0.1, -0.05) is 10.6 Å². The first-order chi connectivity index (χ1) is 14.0. The van der Waals surface area contributed by atoms with Gasteiger partial charge in [0.05, 0.1) is 12.8 Å². The fraction of sp³-hybridized carbons (Fsp3) is 0.421. The first-order valence-corrected chi connectivity index (χ1v) is 10.1. The van der Waals surface area contributed by atoms with Gasteiger partial charge in [0.2, 0.25) is 0 Å². The van der Waals surface area contributed by atoms with E-state index in [1.165, 1.54) is 7.11 Å². The third-order valence-corrected chi connectivity index (χ3v) is 5.65. The van der Waals surface area contributed by atoms with E-state index in [1.807, 2.05) is 0 Å². The van der Waals surface area contributed by atoms with E-state index in [9.17, 15) is 14.4 Å². The number of ether oxygens (including phenoxy) is 1. The van der Waals surface area contributed by atoms with Crippen molar-refractivity contribution in [1.82, 2.24) is 19.8 Å². The van der Waals surface area contributed by atoms with Crippen LogP contribution in [0.25, 0.3) is 0 Å². The van der Waals surface area contributed by atoms with Crippen LogP contribution in [0, 0.1) is 12.8 Å². The molecule has 0 bridgehead atoms. The van der Waals surface area contributed by atoms with Gasteiger partial charge in [-0.3, -0.25) is 14.4 Å². The number of benzene rings is 1. The summed E-state index contributed by atoms with van der Waals surface area (Å²) in [6.07, 6.45) is 1.52. The Bertz CT molecular complexity index is 892. The van der Waals surface area contributed by atoms with Crippen molar-refractivity contribution in [3.63, 3.8) is 0 Å². The van der Waals surface area contributed by atoms with Crippen LogP contribution in [0.1, 0.15) is 28.2 Å². The van der Waals surface area contributed by atoms with Crippen LogP contribution in [-0.4, -0.2) is 59.0 Å². The van der Waals surface area contributed by atoms with Gasteiger partial charge in [-0.15, -0.1) is 5.10 Å². The summed E-state index contributed by atoms with van der Waals surface area (Å²) in [5.41, 5.74) is 1.14. The number of rotatable bonds is 5. The molecule has 0 aliphatic carbocycles. The largest absolute Gasteiger partial charge is 0.497 e. The van der Waals surface area contributed by atoms with E-state index >= 15 is 0 Å². The Kier molecular flexibility index (Phi) is 6.76. The molecule has 3 rings (SSSR count). The van der Waals surface area contributed by atoms with E-state index in [0.29, 0.717) is 41.6 Å². The van der Waals surface area contributed by atoms with Gasteiger partial charge in [-0.2, -0.15) is 0 Å². The van der Waals surface area contributed by atoms with Crippen LogP contribution in [-0.2, 0) is 9.59 Å². The molecule has 1 aromatic carbocycles. The number of likely N-dealkylation sites (tertiary alicyclic amines) is 1. The number of carbonyl (C=O) groups is 3. The summed E-state index contributed by atoms with van der Waals surface area (Å²) in [6.45, 7) is 3.38.